The van der Waals surface area contributed by atoms with Gasteiger partial charge >= 0.3 is 0 Å². The summed E-state index contributed by atoms with van der Waals surface area (Å²) in [5.74, 6) is 0. The Morgan fingerprint density at radius 1 is 1.24 bits per heavy atom. The van der Waals surface area contributed by atoms with E-state index in [0.717, 1.165) is 11.2 Å². The van der Waals surface area contributed by atoms with Crippen molar-refractivity contribution in [3.05, 3.63) is 34.6 Å². The van der Waals surface area contributed by atoms with Gasteiger partial charge in [0.1, 0.15) is 0 Å². The third-order valence-corrected chi connectivity index (χ3v) is 3.02. The van der Waals surface area contributed by atoms with Crippen molar-refractivity contribution in [2.75, 3.05) is 0 Å². The van der Waals surface area contributed by atoms with Gasteiger partial charge in [-0.3, -0.25) is 4.98 Å². The van der Waals surface area contributed by atoms with Crippen LogP contribution >= 0.6 is 46.4 Å². The van der Waals surface area contributed by atoms with Crippen molar-refractivity contribution >= 4 is 57.4 Å². The van der Waals surface area contributed by atoms with E-state index in [-0.39, 0.29) is 6.42 Å². The zero-order chi connectivity index (χ0) is 12.6. The van der Waals surface area contributed by atoms with Crippen LogP contribution in [0.15, 0.2) is 18.3 Å². The number of rotatable bonds is 1. The molecule has 0 spiro atoms. The summed E-state index contributed by atoms with van der Waals surface area (Å²) in [7, 11) is 0. The zero-order valence-electron chi connectivity index (χ0n) is 8.85. The highest BCUT2D eigenvalue weighted by molar-refractivity contribution is 6.67. The van der Waals surface area contributed by atoms with Crippen LogP contribution in [0.25, 0.3) is 11.0 Å². The van der Waals surface area contributed by atoms with E-state index >= 15 is 0 Å². The van der Waals surface area contributed by atoms with Gasteiger partial charge in [-0.05, 0) is 19.1 Å². The Morgan fingerprint density at radius 2 is 1.94 bits per heavy atom. The maximum absolute atomic E-state index is 6.12. The van der Waals surface area contributed by atoms with E-state index in [9.17, 15) is 0 Å². The van der Waals surface area contributed by atoms with Gasteiger partial charge in [0.15, 0.2) is 3.79 Å². The summed E-state index contributed by atoms with van der Waals surface area (Å²) in [6.45, 7) is 1.85. The van der Waals surface area contributed by atoms with Crippen LogP contribution < -0.4 is 0 Å². The smallest absolute Gasteiger partial charge is 0.194 e. The number of fused-ring (bicyclic) bond motifs is 1. The molecule has 2 nitrogen and oxygen atoms in total. The van der Waals surface area contributed by atoms with Crippen LogP contribution in [0.3, 0.4) is 0 Å². The van der Waals surface area contributed by atoms with Crippen LogP contribution in [0.1, 0.15) is 11.3 Å². The van der Waals surface area contributed by atoms with Crippen LogP contribution in [-0.4, -0.2) is 13.8 Å². The average molecular weight is 310 g/mol. The van der Waals surface area contributed by atoms with Crippen LogP contribution in [0.4, 0.5) is 0 Å². The SMILES string of the molecule is Cc1cnc2ccc(Cl)c(CC(Cl)(Cl)Cl)c2n1. The Hall–Kier alpha value is -0.280. The molecule has 2 aromatic rings. The standard InChI is InChI=1S/C11H8Cl4N2/c1-6-5-16-9-3-2-8(12)7(10(9)17-6)4-11(13,14)15/h2-3,5H,4H2,1H3. The van der Waals surface area contributed by atoms with Crippen LogP contribution in [0.2, 0.25) is 5.02 Å². The topological polar surface area (TPSA) is 25.8 Å². The van der Waals surface area contributed by atoms with Gasteiger partial charge in [-0.2, -0.15) is 0 Å². The van der Waals surface area contributed by atoms with Gasteiger partial charge in [0, 0.05) is 23.2 Å². The first kappa shape index (κ1) is 13.2. The first-order valence-corrected chi connectivity index (χ1v) is 6.35. The quantitative estimate of drug-likeness (QED) is 0.725. The van der Waals surface area contributed by atoms with Crippen molar-refractivity contribution in [1.29, 1.82) is 0 Å². The van der Waals surface area contributed by atoms with Crippen molar-refractivity contribution in [2.45, 2.75) is 17.1 Å². The molecule has 0 atom stereocenters. The number of halogens is 4. The molecule has 1 aromatic carbocycles. The molecule has 0 saturated carbocycles. The summed E-state index contributed by atoms with van der Waals surface area (Å²) in [4.78, 5) is 8.66. The fraction of sp³-hybridized carbons (Fsp3) is 0.273. The lowest BCUT2D eigenvalue weighted by Gasteiger charge is -2.13. The minimum atomic E-state index is -1.40. The second kappa shape index (κ2) is 4.77. The lowest BCUT2D eigenvalue weighted by molar-refractivity contribution is 1.02. The molecule has 1 aromatic heterocycles. The molecule has 0 aliphatic heterocycles. The minimum absolute atomic E-state index is 0.200. The number of hydrogen-bond acceptors (Lipinski definition) is 2. The second-order valence-electron chi connectivity index (χ2n) is 3.70. The lowest BCUT2D eigenvalue weighted by Crippen LogP contribution is -2.08. The van der Waals surface area contributed by atoms with Gasteiger partial charge in [-0.15, -0.1) is 0 Å². The largest absolute Gasteiger partial charge is 0.253 e. The maximum Gasteiger partial charge on any atom is 0.194 e. The van der Waals surface area contributed by atoms with E-state index in [1.165, 1.54) is 0 Å². The third-order valence-electron chi connectivity index (χ3n) is 2.26. The van der Waals surface area contributed by atoms with E-state index in [1.54, 1.807) is 18.3 Å². The predicted molar refractivity (Wildman–Crippen MR) is 73.3 cm³/mol. The number of nitrogens with zero attached hydrogens (tertiary/aromatic N) is 2. The summed E-state index contributed by atoms with van der Waals surface area (Å²) in [6.07, 6.45) is 1.89. The summed E-state index contributed by atoms with van der Waals surface area (Å²) in [5.41, 5.74) is 2.93. The van der Waals surface area contributed by atoms with Crippen LogP contribution in [0.5, 0.6) is 0 Å². The predicted octanol–water partition coefficient (Wildman–Crippen LogP) is 4.50. The van der Waals surface area contributed by atoms with E-state index in [0.29, 0.717) is 16.1 Å². The van der Waals surface area contributed by atoms with Crippen molar-refractivity contribution < 1.29 is 0 Å². The van der Waals surface area contributed by atoms with E-state index in [2.05, 4.69) is 9.97 Å². The van der Waals surface area contributed by atoms with Gasteiger partial charge < -0.3 is 0 Å². The Labute approximate surface area is 119 Å². The fourth-order valence-electron chi connectivity index (χ4n) is 1.57. The van der Waals surface area contributed by atoms with Crippen LogP contribution in [-0.2, 0) is 6.42 Å². The summed E-state index contributed by atoms with van der Waals surface area (Å²) in [5, 5.41) is 0.531. The summed E-state index contributed by atoms with van der Waals surface area (Å²) in [6, 6.07) is 3.53. The van der Waals surface area contributed by atoms with E-state index < -0.39 is 3.79 Å². The lowest BCUT2D eigenvalue weighted by atomic mass is 10.1. The van der Waals surface area contributed by atoms with E-state index in [1.807, 2.05) is 6.92 Å². The molecule has 0 radical (unpaired) electrons. The van der Waals surface area contributed by atoms with Gasteiger partial charge in [-0.1, -0.05) is 46.4 Å². The maximum atomic E-state index is 6.12. The first-order valence-electron chi connectivity index (χ1n) is 4.84. The number of aryl methyl sites for hydroxylation is 1. The molecule has 0 amide bonds. The Kier molecular flexibility index (Phi) is 3.69. The van der Waals surface area contributed by atoms with Gasteiger partial charge in [-0.25, -0.2) is 4.98 Å². The molecule has 0 N–H and O–H groups in total. The molecule has 17 heavy (non-hydrogen) atoms. The van der Waals surface area contributed by atoms with Crippen molar-refractivity contribution in [2.24, 2.45) is 0 Å². The minimum Gasteiger partial charge on any atom is -0.253 e. The number of alkyl halides is 3. The molecule has 0 saturated heterocycles. The molecule has 0 bridgehead atoms. The molecule has 1 heterocycles. The molecule has 0 aliphatic carbocycles. The molecule has 0 unspecified atom stereocenters. The Morgan fingerprint density at radius 3 is 2.59 bits per heavy atom. The second-order valence-corrected chi connectivity index (χ2v) is 6.62. The monoisotopic (exact) mass is 308 g/mol. The highest BCUT2D eigenvalue weighted by Crippen LogP contribution is 2.35. The molecule has 6 heteroatoms. The van der Waals surface area contributed by atoms with Crippen molar-refractivity contribution in [3.8, 4) is 0 Å². The van der Waals surface area contributed by atoms with Crippen molar-refractivity contribution in [3.63, 3.8) is 0 Å². The molecule has 2 rings (SSSR count). The molecular formula is C11H8Cl4N2. The first-order chi connectivity index (χ1) is 7.87. The molecule has 0 fully saturated rings. The van der Waals surface area contributed by atoms with Gasteiger partial charge in [0.25, 0.3) is 0 Å². The molecule has 90 valence electrons. The Balaban J connectivity index is 2.66. The number of aromatic nitrogens is 2. The summed E-state index contributed by atoms with van der Waals surface area (Å²) < 4.78 is -1.40. The van der Waals surface area contributed by atoms with Gasteiger partial charge in [0.05, 0.1) is 16.7 Å². The van der Waals surface area contributed by atoms with E-state index in [4.69, 9.17) is 46.4 Å². The molecule has 0 aliphatic rings. The fourth-order valence-corrected chi connectivity index (χ4v) is 2.19. The third kappa shape index (κ3) is 3.14. The van der Waals surface area contributed by atoms with Gasteiger partial charge in [0.2, 0.25) is 0 Å². The van der Waals surface area contributed by atoms with Crippen LogP contribution in [0, 0.1) is 6.92 Å². The Bertz CT molecular complexity index is 558. The molecular weight excluding hydrogens is 302 g/mol. The number of hydrogen-bond donors (Lipinski definition) is 0. The highest BCUT2D eigenvalue weighted by atomic mass is 35.6. The summed E-state index contributed by atoms with van der Waals surface area (Å²) >= 11 is 23.5. The average Bonchev–Trinajstić information content (AvgIpc) is 2.21. The number of benzene rings is 1. The normalized spacial score (nSPS) is 12.1. The highest BCUT2D eigenvalue weighted by Gasteiger charge is 2.23. The zero-order valence-corrected chi connectivity index (χ0v) is 11.9. The van der Waals surface area contributed by atoms with Crippen molar-refractivity contribution in [1.82, 2.24) is 9.97 Å².